The van der Waals surface area contributed by atoms with Crippen molar-refractivity contribution < 1.29 is 14.6 Å². The van der Waals surface area contributed by atoms with Gasteiger partial charge in [-0.3, -0.25) is 0 Å². The van der Waals surface area contributed by atoms with Gasteiger partial charge < -0.3 is 9.84 Å². The molecule has 0 aromatic carbocycles. The van der Waals surface area contributed by atoms with Crippen molar-refractivity contribution in [3.63, 3.8) is 0 Å². The van der Waals surface area contributed by atoms with E-state index in [9.17, 15) is 4.79 Å². The van der Waals surface area contributed by atoms with Crippen LogP contribution >= 0.6 is 11.3 Å². The van der Waals surface area contributed by atoms with Gasteiger partial charge in [0.25, 0.3) is 0 Å². The maximum absolute atomic E-state index is 10.9. The van der Waals surface area contributed by atoms with Crippen LogP contribution in [0.5, 0.6) is 0 Å². The van der Waals surface area contributed by atoms with Crippen LogP contribution in [0.4, 0.5) is 0 Å². The van der Waals surface area contributed by atoms with Gasteiger partial charge in [-0.1, -0.05) is 6.92 Å². The fourth-order valence-corrected chi connectivity index (χ4v) is 3.24. The van der Waals surface area contributed by atoms with Gasteiger partial charge in [-0.25, -0.2) is 4.79 Å². The Morgan fingerprint density at radius 3 is 2.67 bits per heavy atom. The zero-order valence-corrected chi connectivity index (χ0v) is 11.8. The highest BCUT2D eigenvalue weighted by atomic mass is 32.1. The standard InChI is InChI=1S/C14H20O3S/c1-9-3-5-12(6-4-9)17-8-11-7-13(14(15)16)18-10(11)2/h7,9,12H,3-6,8H2,1-2H3,(H,15,16). The molecule has 1 heterocycles. The molecule has 1 aliphatic carbocycles. The Balaban J connectivity index is 1.88. The number of hydrogen-bond donors (Lipinski definition) is 1. The topological polar surface area (TPSA) is 46.5 Å². The van der Waals surface area contributed by atoms with Gasteiger partial charge in [-0.05, 0) is 50.2 Å². The second-order valence-corrected chi connectivity index (χ2v) is 6.45. The van der Waals surface area contributed by atoms with Crippen LogP contribution < -0.4 is 0 Å². The molecule has 3 nitrogen and oxygen atoms in total. The highest BCUT2D eigenvalue weighted by Crippen LogP contribution is 2.28. The molecule has 0 amide bonds. The van der Waals surface area contributed by atoms with E-state index in [1.165, 1.54) is 24.2 Å². The van der Waals surface area contributed by atoms with Crippen molar-refractivity contribution in [1.29, 1.82) is 0 Å². The maximum Gasteiger partial charge on any atom is 0.345 e. The summed E-state index contributed by atoms with van der Waals surface area (Å²) in [5, 5.41) is 8.94. The second-order valence-electron chi connectivity index (χ2n) is 5.19. The van der Waals surface area contributed by atoms with Gasteiger partial charge in [0, 0.05) is 4.88 Å². The highest BCUT2D eigenvalue weighted by Gasteiger charge is 2.19. The van der Waals surface area contributed by atoms with E-state index < -0.39 is 5.97 Å². The molecule has 1 aromatic heterocycles. The molecule has 1 saturated carbocycles. The summed E-state index contributed by atoms with van der Waals surface area (Å²) in [5.74, 6) is -0.0211. The quantitative estimate of drug-likeness (QED) is 0.902. The van der Waals surface area contributed by atoms with Gasteiger partial charge in [0.15, 0.2) is 0 Å². The predicted molar refractivity (Wildman–Crippen MR) is 72.2 cm³/mol. The lowest BCUT2D eigenvalue weighted by Crippen LogP contribution is -2.20. The molecule has 0 aliphatic heterocycles. The lowest BCUT2D eigenvalue weighted by atomic mass is 9.89. The van der Waals surface area contributed by atoms with E-state index >= 15 is 0 Å². The molecule has 1 aromatic rings. The van der Waals surface area contributed by atoms with Crippen molar-refractivity contribution in [3.05, 3.63) is 21.4 Å². The third-order valence-electron chi connectivity index (χ3n) is 3.67. The average molecular weight is 268 g/mol. The number of aryl methyl sites for hydroxylation is 1. The summed E-state index contributed by atoms with van der Waals surface area (Å²) in [6.07, 6.45) is 5.11. The van der Waals surface area contributed by atoms with E-state index in [0.29, 0.717) is 17.6 Å². The molecule has 4 heteroatoms. The summed E-state index contributed by atoms with van der Waals surface area (Å²) < 4.78 is 5.90. The zero-order valence-electron chi connectivity index (χ0n) is 10.9. The molecule has 0 atom stereocenters. The molecule has 0 spiro atoms. The Morgan fingerprint density at radius 1 is 1.44 bits per heavy atom. The Morgan fingerprint density at radius 2 is 2.11 bits per heavy atom. The first-order chi connectivity index (χ1) is 8.56. The summed E-state index contributed by atoms with van der Waals surface area (Å²) in [6, 6.07) is 1.74. The Bertz CT molecular complexity index is 417. The fraction of sp³-hybridized carbons (Fsp3) is 0.643. The van der Waals surface area contributed by atoms with E-state index in [1.54, 1.807) is 6.07 Å². The minimum Gasteiger partial charge on any atom is -0.477 e. The Kier molecular flexibility index (Phi) is 4.40. The SMILES string of the molecule is Cc1sc(C(=O)O)cc1COC1CCC(C)CC1. The molecular formula is C14H20O3S. The lowest BCUT2D eigenvalue weighted by molar-refractivity contribution is 0.00872. The summed E-state index contributed by atoms with van der Waals surface area (Å²) in [7, 11) is 0. The first-order valence-electron chi connectivity index (χ1n) is 6.50. The molecule has 100 valence electrons. The number of rotatable bonds is 4. The molecular weight excluding hydrogens is 248 g/mol. The number of aromatic carboxylic acids is 1. The maximum atomic E-state index is 10.9. The number of carboxylic acid groups (broad SMARTS) is 1. The smallest absolute Gasteiger partial charge is 0.345 e. The average Bonchev–Trinajstić information content (AvgIpc) is 2.70. The third-order valence-corrected chi connectivity index (χ3v) is 4.75. The minimum atomic E-state index is -0.846. The monoisotopic (exact) mass is 268 g/mol. The third kappa shape index (κ3) is 3.33. The predicted octanol–water partition coefficient (Wildman–Crippen LogP) is 3.85. The molecule has 1 fully saturated rings. The fourth-order valence-electron chi connectivity index (χ4n) is 2.37. The molecule has 1 N–H and O–H groups in total. The van der Waals surface area contributed by atoms with E-state index in [0.717, 1.165) is 29.2 Å². The number of hydrogen-bond acceptors (Lipinski definition) is 3. The lowest BCUT2D eigenvalue weighted by Gasteiger charge is -2.26. The first-order valence-corrected chi connectivity index (χ1v) is 7.32. The van der Waals surface area contributed by atoms with E-state index in [4.69, 9.17) is 9.84 Å². The van der Waals surface area contributed by atoms with Crippen LogP contribution in [0.3, 0.4) is 0 Å². The van der Waals surface area contributed by atoms with Crippen LogP contribution in [0.25, 0.3) is 0 Å². The van der Waals surface area contributed by atoms with Gasteiger partial charge in [0.1, 0.15) is 4.88 Å². The van der Waals surface area contributed by atoms with Crippen molar-refractivity contribution in [2.24, 2.45) is 5.92 Å². The molecule has 0 saturated heterocycles. The van der Waals surface area contributed by atoms with Gasteiger partial charge in [-0.2, -0.15) is 0 Å². The van der Waals surface area contributed by atoms with Crippen molar-refractivity contribution in [1.82, 2.24) is 0 Å². The van der Waals surface area contributed by atoms with Crippen LogP contribution in [0.15, 0.2) is 6.07 Å². The van der Waals surface area contributed by atoms with Crippen molar-refractivity contribution in [2.45, 2.75) is 52.2 Å². The molecule has 0 bridgehead atoms. The number of carboxylic acids is 1. The first kappa shape index (κ1) is 13.6. The Labute approximate surface area is 112 Å². The van der Waals surface area contributed by atoms with Crippen molar-refractivity contribution in [2.75, 3.05) is 0 Å². The van der Waals surface area contributed by atoms with Crippen LogP contribution in [-0.4, -0.2) is 17.2 Å². The van der Waals surface area contributed by atoms with Crippen LogP contribution in [0.1, 0.15) is 52.7 Å². The van der Waals surface area contributed by atoms with Crippen molar-refractivity contribution >= 4 is 17.3 Å². The normalized spacial score (nSPS) is 24.1. The molecule has 2 rings (SSSR count). The van der Waals surface area contributed by atoms with E-state index in [-0.39, 0.29) is 0 Å². The van der Waals surface area contributed by atoms with Gasteiger partial charge >= 0.3 is 5.97 Å². The van der Waals surface area contributed by atoms with Gasteiger partial charge in [0.05, 0.1) is 12.7 Å². The number of ether oxygens (including phenoxy) is 1. The molecule has 18 heavy (non-hydrogen) atoms. The second kappa shape index (κ2) is 5.85. The summed E-state index contributed by atoms with van der Waals surface area (Å²) in [6.45, 7) is 4.80. The molecule has 0 unspecified atom stereocenters. The zero-order chi connectivity index (χ0) is 13.1. The van der Waals surface area contributed by atoms with Gasteiger partial charge in [0.2, 0.25) is 0 Å². The Hall–Kier alpha value is -0.870. The highest BCUT2D eigenvalue weighted by molar-refractivity contribution is 7.14. The summed E-state index contributed by atoms with van der Waals surface area (Å²) in [5.41, 5.74) is 1.02. The van der Waals surface area contributed by atoms with Gasteiger partial charge in [-0.15, -0.1) is 11.3 Å². The minimum absolute atomic E-state index is 0.355. The van der Waals surface area contributed by atoms with E-state index in [2.05, 4.69) is 6.92 Å². The number of carbonyl (C=O) groups is 1. The van der Waals surface area contributed by atoms with Crippen LogP contribution in [0, 0.1) is 12.8 Å². The van der Waals surface area contributed by atoms with E-state index in [1.807, 2.05) is 6.92 Å². The van der Waals surface area contributed by atoms with Crippen LogP contribution in [0.2, 0.25) is 0 Å². The molecule has 0 radical (unpaired) electrons. The largest absolute Gasteiger partial charge is 0.477 e. The summed E-state index contributed by atoms with van der Waals surface area (Å²) in [4.78, 5) is 12.3. The van der Waals surface area contributed by atoms with Crippen LogP contribution in [-0.2, 0) is 11.3 Å². The summed E-state index contributed by atoms with van der Waals surface area (Å²) >= 11 is 1.33. The number of thiophene rings is 1. The molecule has 1 aliphatic rings. The van der Waals surface area contributed by atoms with Crippen molar-refractivity contribution in [3.8, 4) is 0 Å².